The van der Waals surface area contributed by atoms with E-state index in [2.05, 4.69) is 0 Å². The van der Waals surface area contributed by atoms with Gasteiger partial charge in [0.2, 0.25) is 5.91 Å². The van der Waals surface area contributed by atoms with E-state index in [0.717, 1.165) is 12.1 Å². The number of anilines is 1. The third-order valence-electron chi connectivity index (χ3n) is 2.64. The molecule has 0 atom stereocenters. The molecule has 1 aromatic carbocycles. The summed E-state index contributed by atoms with van der Waals surface area (Å²) in [7, 11) is 3.68. The van der Waals surface area contributed by atoms with Gasteiger partial charge in [-0.1, -0.05) is 6.07 Å². The van der Waals surface area contributed by atoms with Crippen molar-refractivity contribution >= 4 is 11.6 Å². The highest BCUT2D eigenvalue weighted by Gasteiger charge is 2.31. The first-order chi connectivity index (χ1) is 8.71. The van der Waals surface area contributed by atoms with E-state index in [1.807, 2.05) is 19.0 Å². The molecule has 1 rings (SSSR count). The van der Waals surface area contributed by atoms with Crippen LogP contribution in [0.3, 0.4) is 0 Å². The van der Waals surface area contributed by atoms with Crippen LogP contribution in [0.15, 0.2) is 24.3 Å². The summed E-state index contributed by atoms with van der Waals surface area (Å²) < 4.78 is 37.9. The van der Waals surface area contributed by atoms with E-state index >= 15 is 0 Å². The number of carbonyl (C=O) groups excluding carboxylic acids is 1. The lowest BCUT2D eigenvalue weighted by Gasteiger charge is -2.24. The fourth-order valence-electron chi connectivity index (χ4n) is 1.62. The Balaban J connectivity index is 3.00. The SMILES string of the molecule is CC(=O)N(CCN(C)C)c1cccc(C(F)(F)F)c1. The molecule has 0 saturated carbocycles. The van der Waals surface area contributed by atoms with Crippen molar-refractivity contribution in [2.75, 3.05) is 32.1 Å². The summed E-state index contributed by atoms with van der Waals surface area (Å²) in [6, 6.07) is 4.81. The number of hydrogen-bond acceptors (Lipinski definition) is 2. The van der Waals surface area contributed by atoms with Crippen LogP contribution >= 0.6 is 0 Å². The van der Waals surface area contributed by atoms with Gasteiger partial charge in [0, 0.05) is 25.7 Å². The van der Waals surface area contributed by atoms with Gasteiger partial charge in [0.25, 0.3) is 0 Å². The van der Waals surface area contributed by atoms with Crippen LogP contribution in [0.2, 0.25) is 0 Å². The molecular formula is C13H17F3N2O. The van der Waals surface area contributed by atoms with Gasteiger partial charge >= 0.3 is 6.18 Å². The first-order valence-electron chi connectivity index (χ1n) is 5.82. The number of halogens is 3. The molecule has 106 valence electrons. The third-order valence-corrected chi connectivity index (χ3v) is 2.64. The van der Waals surface area contributed by atoms with Gasteiger partial charge in [0.05, 0.1) is 5.56 Å². The number of nitrogens with zero attached hydrogens (tertiary/aromatic N) is 2. The summed E-state index contributed by atoms with van der Waals surface area (Å²) in [6.45, 7) is 2.27. The molecule has 6 heteroatoms. The lowest BCUT2D eigenvalue weighted by Crippen LogP contribution is -2.35. The Morgan fingerprint density at radius 2 is 1.84 bits per heavy atom. The summed E-state index contributed by atoms with van der Waals surface area (Å²) in [6.07, 6.45) is -4.40. The maximum absolute atomic E-state index is 12.6. The molecule has 0 aliphatic heterocycles. The van der Waals surface area contributed by atoms with Crippen LogP contribution in [-0.4, -0.2) is 38.0 Å². The third kappa shape index (κ3) is 4.55. The molecule has 0 heterocycles. The van der Waals surface area contributed by atoms with Crippen LogP contribution in [0, 0.1) is 0 Å². The van der Waals surface area contributed by atoms with Crippen LogP contribution in [0.5, 0.6) is 0 Å². The largest absolute Gasteiger partial charge is 0.416 e. The van der Waals surface area contributed by atoms with Gasteiger partial charge in [0.15, 0.2) is 0 Å². The molecule has 0 aromatic heterocycles. The van der Waals surface area contributed by atoms with Gasteiger partial charge in [0.1, 0.15) is 0 Å². The highest BCUT2D eigenvalue weighted by Crippen LogP contribution is 2.31. The Kier molecular flexibility index (Phi) is 4.94. The highest BCUT2D eigenvalue weighted by molar-refractivity contribution is 5.91. The molecule has 3 nitrogen and oxygen atoms in total. The normalized spacial score (nSPS) is 11.7. The molecule has 0 unspecified atom stereocenters. The van der Waals surface area contributed by atoms with E-state index in [4.69, 9.17) is 0 Å². The molecule has 0 radical (unpaired) electrons. The lowest BCUT2D eigenvalue weighted by molar-refractivity contribution is -0.137. The van der Waals surface area contributed by atoms with Crippen molar-refractivity contribution in [3.05, 3.63) is 29.8 Å². The van der Waals surface area contributed by atoms with Gasteiger partial charge in [-0.05, 0) is 32.3 Å². The van der Waals surface area contributed by atoms with Crippen molar-refractivity contribution in [2.24, 2.45) is 0 Å². The number of amides is 1. The van der Waals surface area contributed by atoms with Crippen LogP contribution in [0.25, 0.3) is 0 Å². The zero-order valence-electron chi connectivity index (χ0n) is 11.2. The van der Waals surface area contributed by atoms with E-state index in [0.29, 0.717) is 13.1 Å². The molecule has 0 aliphatic rings. The van der Waals surface area contributed by atoms with E-state index in [1.54, 1.807) is 0 Å². The monoisotopic (exact) mass is 274 g/mol. The van der Waals surface area contributed by atoms with Crippen LogP contribution in [0.1, 0.15) is 12.5 Å². The molecule has 0 fully saturated rings. The summed E-state index contributed by atoms with van der Waals surface area (Å²) in [4.78, 5) is 14.8. The second kappa shape index (κ2) is 6.06. The Labute approximate surface area is 110 Å². The van der Waals surface area contributed by atoms with Gasteiger partial charge < -0.3 is 9.80 Å². The molecular weight excluding hydrogens is 257 g/mol. The predicted octanol–water partition coefficient (Wildman–Crippen LogP) is 2.62. The molecule has 0 bridgehead atoms. The molecule has 0 aliphatic carbocycles. The predicted molar refractivity (Wildman–Crippen MR) is 68.0 cm³/mol. The van der Waals surface area contributed by atoms with Crippen molar-refractivity contribution in [3.8, 4) is 0 Å². The van der Waals surface area contributed by atoms with Crippen LogP contribution in [-0.2, 0) is 11.0 Å². The van der Waals surface area contributed by atoms with E-state index in [9.17, 15) is 18.0 Å². The summed E-state index contributed by atoms with van der Waals surface area (Å²) >= 11 is 0. The summed E-state index contributed by atoms with van der Waals surface area (Å²) in [5.74, 6) is -0.277. The van der Waals surface area contributed by atoms with Crippen molar-refractivity contribution in [2.45, 2.75) is 13.1 Å². The number of alkyl halides is 3. The minimum Gasteiger partial charge on any atom is -0.311 e. The number of carbonyl (C=O) groups is 1. The Morgan fingerprint density at radius 1 is 1.21 bits per heavy atom. The summed E-state index contributed by atoms with van der Waals surface area (Å²) in [5, 5.41) is 0. The minimum atomic E-state index is -4.40. The first kappa shape index (κ1) is 15.5. The quantitative estimate of drug-likeness (QED) is 0.842. The van der Waals surface area contributed by atoms with Crippen molar-refractivity contribution in [1.82, 2.24) is 4.90 Å². The minimum absolute atomic E-state index is 0.268. The lowest BCUT2D eigenvalue weighted by atomic mass is 10.1. The molecule has 0 saturated heterocycles. The topological polar surface area (TPSA) is 23.6 Å². The number of likely N-dealkylation sites (N-methyl/N-ethyl adjacent to an activating group) is 1. The molecule has 0 N–H and O–H groups in total. The molecule has 1 amide bonds. The van der Waals surface area contributed by atoms with Crippen molar-refractivity contribution in [3.63, 3.8) is 0 Å². The van der Waals surface area contributed by atoms with Crippen LogP contribution in [0.4, 0.5) is 18.9 Å². The van der Waals surface area contributed by atoms with E-state index in [-0.39, 0.29) is 11.6 Å². The van der Waals surface area contributed by atoms with E-state index in [1.165, 1.54) is 24.0 Å². The van der Waals surface area contributed by atoms with E-state index < -0.39 is 11.7 Å². The average molecular weight is 274 g/mol. The highest BCUT2D eigenvalue weighted by atomic mass is 19.4. The maximum Gasteiger partial charge on any atom is 0.416 e. The van der Waals surface area contributed by atoms with Gasteiger partial charge in [-0.15, -0.1) is 0 Å². The summed E-state index contributed by atoms with van der Waals surface area (Å²) in [5.41, 5.74) is -0.481. The fourth-order valence-corrected chi connectivity index (χ4v) is 1.62. The van der Waals surface area contributed by atoms with Crippen molar-refractivity contribution in [1.29, 1.82) is 0 Å². The van der Waals surface area contributed by atoms with Gasteiger partial charge in [-0.3, -0.25) is 4.79 Å². The Bertz CT molecular complexity index is 444. The molecule has 19 heavy (non-hydrogen) atoms. The average Bonchev–Trinajstić information content (AvgIpc) is 2.27. The number of benzene rings is 1. The Hall–Kier alpha value is -1.56. The first-order valence-corrected chi connectivity index (χ1v) is 5.82. The Morgan fingerprint density at radius 3 is 2.32 bits per heavy atom. The molecule has 0 spiro atoms. The standard InChI is InChI=1S/C13H17F3N2O/c1-10(19)18(8-7-17(2)3)12-6-4-5-11(9-12)13(14,15)16/h4-6,9H,7-8H2,1-3H3. The second-order valence-corrected chi connectivity index (χ2v) is 4.52. The van der Waals surface area contributed by atoms with Gasteiger partial charge in [-0.25, -0.2) is 0 Å². The smallest absolute Gasteiger partial charge is 0.311 e. The second-order valence-electron chi connectivity index (χ2n) is 4.52. The molecule has 1 aromatic rings. The zero-order valence-corrected chi connectivity index (χ0v) is 11.2. The fraction of sp³-hybridized carbons (Fsp3) is 0.462. The maximum atomic E-state index is 12.6. The zero-order chi connectivity index (χ0) is 14.6. The number of hydrogen-bond donors (Lipinski definition) is 0. The van der Waals surface area contributed by atoms with Gasteiger partial charge in [-0.2, -0.15) is 13.2 Å². The number of rotatable bonds is 4. The van der Waals surface area contributed by atoms with Crippen LogP contribution < -0.4 is 4.90 Å². The van der Waals surface area contributed by atoms with Crippen molar-refractivity contribution < 1.29 is 18.0 Å².